The zero-order valence-corrected chi connectivity index (χ0v) is 5.02. The molecule has 0 bridgehead atoms. The van der Waals surface area contributed by atoms with Crippen molar-refractivity contribution in [3.8, 4) is 0 Å². The lowest BCUT2D eigenvalue weighted by atomic mass is 9.88. The SMILES string of the molecule is O=NC12C3C4C1C4(N=O)C32. The van der Waals surface area contributed by atoms with Gasteiger partial charge in [-0.15, -0.1) is 0 Å². The summed E-state index contributed by atoms with van der Waals surface area (Å²) >= 11 is 0. The van der Waals surface area contributed by atoms with Crippen molar-refractivity contribution in [2.45, 2.75) is 11.1 Å². The Morgan fingerprint density at radius 3 is 1.50 bits per heavy atom. The van der Waals surface area contributed by atoms with Gasteiger partial charge in [-0.25, -0.2) is 0 Å². The van der Waals surface area contributed by atoms with Crippen molar-refractivity contribution in [1.29, 1.82) is 0 Å². The van der Waals surface area contributed by atoms with E-state index in [1.54, 1.807) is 0 Å². The summed E-state index contributed by atoms with van der Waals surface area (Å²) in [5.41, 5.74) is -0.475. The highest BCUT2D eigenvalue weighted by molar-refractivity contribution is 5.67. The van der Waals surface area contributed by atoms with Gasteiger partial charge in [-0.2, -0.15) is 9.81 Å². The van der Waals surface area contributed by atoms with Gasteiger partial charge in [0, 0.05) is 23.7 Å². The number of nitroso groups, excluding NO2 is 2. The summed E-state index contributed by atoms with van der Waals surface area (Å²) < 4.78 is 0. The predicted molar refractivity (Wildman–Crippen MR) is 31.0 cm³/mol. The molecule has 0 N–H and O–H groups in total. The quantitative estimate of drug-likeness (QED) is 0.519. The molecule has 4 nitrogen and oxygen atoms in total. The topological polar surface area (TPSA) is 58.9 Å². The summed E-state index contributed by atoms with van der Waals surface area (Å²) in [5, 5.41) is 6.19. The monoisotopic (exact) mass is 136 g/mol. The Balaban J connectivity index is 1.90. The summed E-state index contributed by atoms with van der Waals surface area (Å²) in [6.45, 7) is 0. The van der Waals surface area contributed by atoms with Gasteiger partial charge in [-0.1, -0.05) is 10.4 Å². The van der Waals surface area contributed by atoms with E-state index in [0.717, 1.165) is 0 Å². The third-order valence-corrected chi connectivity index (χ3v) is 4.26. The molecule has 2 unspecified atom stereocenters. The molecule has 2 atom stereocenters. The first-order valence-corrected chi connectivity index (χ1v) is 3.54. The molecule has 10 heavy (non-hydrogen) atoms. The molecule has 5 aliphatic carbocycles. The molecule has 0 aromatic heterocycles. The van der Waals surface area contributed by atoms with Crippen LogP contribution in [0.25, 0.3) is 0 Å². The van der Waals surface area contributed by atoms with Crippen LogP contribution < -0.4 is 0 Å². The van der Waals surface area contributed by atoms with Crippen LogP contribution in [0.3, 0.4) is 0 Å². The van der Waals surface area contributed by atoms with Gasteiger partial charge in [-0.3, -0.25) is 0 Å². The highest BCUT2D eigenvalue weighted by Gasteiger charge is 3.17. The van der Waals surface area contributed by atoms with Crippen LogP contribution in [0.5, 0.6) is 0 Å². The van der Waals surface area contributed by atoms with Crippen molar-refractivity contribution in [2.75, 3.05) is 0 Å². The van der Waals surface area contributed by atoms with Crippen LogP contribution in [-0.4, -0.2) is 11.1 Å². The van der Waals surface area contributed by atoms with Crippen molar-refractivity contribution in [3.05, 3.63) is 9.81 Å². The third-order valence-electron chi connectivity index (χ3n) is 4.26. The molecule has 5 saturated carbocycles. The predicted octanol–water partition coefficient (Wildman–Crippen LogP) is 0.516. The second-order valence-electron chi connectivity index (χ2n) is 3.96. The normalized spacial score (nSPS) is 83.6. The average molecular weight is 136 g/mol. The Hall–Kier alpha value is -0.800. The van der Waals surface area contributed by atoms with E-state index < -0.39 is 0 Å². The molecule has 0 aliphatic heterocycles. The Bertz CT molecular complexity index is 262. The highest BCUT2D eigenvalue weighted by atomic mass is 16.3. The first-order valence-electron chi connectivity index (χ1n) is 3.54. The second kappa shape index (κ2) is 0.669. The molecule has 0 amide bonds. The van der Waals surface area contributed by atoms with Gasteiger partial charge in [0.2, 0.25) is 0 Å². The molecule has 5 aliphatic rings. The molecule has 5 rings (SSSR count). The van der Waals surface area contributed by atoms with E-state index in [1.165, 1.54) is 0 Å². The fourth-order valence-electron chi connectivity index (χ4n) is 3.97. The van der Waals surface area contributed by atoms with Crippen LogP contribution in [0.15, 0.2) is 10.4 Å². The maximum atomic E-state index is 10.3. The number of hydrogen-bond acceptors (Lipinski definition) is 4. The molecule has 0 spiro atoms. The van der Waals surface area contributed by atoms with Gasteiger partial charge in [0.15, 0.2) is 0 Å². The second-order valence-corrected chi connectivity index (χ2v) is 3.96. The van der Waals surface area contributed by atoms with E-state index in [1.807, 2.05) is 0 Å². The van der Waals surface area contributed by atoms with Crippen LogP contribution in [0, 0.1) is 33.5 Å². The molecule has 4 heteroatoms. The largest absolute Gasteiger partial charge is 0.150 e. The molecular weight excluding hydrogens is 132 g/mol. The van der Waals surface area contributed by atoms with Crippen molar-refractivity contribution in [1.82, 2.24) is 0 Å². The smallest absolute Gasteiger partial charge is 0.117 e. The molecule has 0 saturated heterocycles. The lowest BCUT2D eigenvalue weighted by molar-refractivity contribution is 0.323. The first-order chi connectivity index (χ1) is 4.85. The van der Waals surface area contributed by atoms with E-state index >= 15 is 0 Å². The Morgan fingerprint density at radius 2 is 1.30 bits per heavy atom. The van der Waals surface area contributed by atoms with Crippen LogP contribution in [-0.2, 0) is 0 Å². The minimum Gasteiger partial charge on any atom is -0.150 e. The maximum Gasteiger partial charge on any atom is 0.117 e. The fraction of sp³-hybridized carbons (Fsp3) is 1.00. The molecule has 50 valence electrons. The Kier molecular flexibility index (Phi) is 0.278. The van der Waals surface area contributed by atoms with E-state index in [9.17, 15) is 9.81 Å². The summed E-state index contributed by atoms with van der Waals surface area (Å²) in [6.07, 6.45) is 0. The van der Waals surface area contributed by atoms with Crippen molar-refractivity contribution < 1.29 is 0 Å². The lowest BCUT2D eigenvalue weighted by Crippen LogP contribution is -2.35. The van der Waals surface area contributed by atoms with Gasteiger partial charge in [0.05, 0.1) is 0 Å². The highest BCUT2D eigenvalue weighted by Crippen LogP contribution is 3.06. The van der Waals surface area contributed by atoms with Gasteiger partial charge in [0.25, 0.3) is 0 Å². The van der Waals surface area contributed by atoms with E-state index in [2.05, 4.69) is 10.4 Å². The zero-order chi connectivity index (χ0) is 6.72. The third kappa shape index (κ3) is 0.114. The minimum absolute atomic E-state index is 0.238. The molecule has 0 heterocycles. The van der Waals surface area contributed by atoms with Crippen molar-refractivity contribution in [2.24, 2.45) is 34.0 Å². The molecular formula is C6H4N2O2. The van der Waals surface area contributed by atoms with E-state index in [-0.39, 0.29) is 11.1 Å². The number of hydrogen-bond donors (Lipinski definition) is 0. The van der Waals surface area contributed by atoms with Gasteiger partial charge < -0.3 is 0 Å². The minimum atomic E-state index is -0.238. The molecule has 5 fully saturated rings. The summed E-state index contributed by atoms with van der Waals surface area (Å²) in [6, 6.07) is 0. The maximum absolute atomic E-state index is 10.3. The lowest BCUT2D eigenvalue weighted by Gasteiger charge is -2.21. The standard InChI is InChI=1S/C6H4N2O2/c9-7-5-1-2-4(5)6(2,8-10)3(1)5/h1-4H. The summed E-state index contributed by atoms with van der Waals surface area (Å²) in [5.74, 6) is 1.58. The van der Waals surface area contributed by atoms with Gasteiger partial charge >= 0.3 is 0 Å². The number of nitrogens with zero attached hydrogens (tertiary/aromatic N) is 2. The Morgan fingerprint density at radius 1 is 0.900 bits per heavy atom. The molecule has 0 aromatic carbocycles. The summed E-state index contributed by atoms with van der Waals surface area (Å²) in [4.78, 5) is 20.5. The molecule has 0 radical (unpaired) electrons. The zero-order valence-electron chi connectivity index (χ0n) is 5.02. The molecule has 0 aromatic rings. The van der Waals surface area contributed by atoms with E-state index in [0.29, 0.717) is 23.7 Å². The van der Waals surface area contributed by atoms with Crippen molar-refractivity contribution >= 4 is 0 Å². The van der Waals surface area contributed by atoms with Gasteiger partial charge in [0.1, 0.15) is 11.1 Å². The van der Waals surface area contributed by atoms with Crippen LogP contribution in [0.1, 0.15) is 0 Å². The number of rotatable bonds is 2. The Labute approximate surface area is 55.9 Å². The van der Waals surface area contributed by atoms with Crippen molar-refractivity contribution in [3.63, 3.8) is 0 Å². The van der Waals surface area contributed by atoms with E-state index in [4.69, 9.17) is 0 Å². The van der Waals surface area contributed by atoms with Crippen LogP contribution in [0.4, 0.5) is 0 Å². The summed E-state index contributed by atoms with van der Waals surface area (Å²) in [7, 11) is 0. The first kappa shape index (κ1) is 4.16. The fourth-order valence-corrected chi connectivity index (χ4v) is 3.97. The average Bonchev–Trinajstić information content (AvgIpc) is 2.40. The van der Waals surface area contributed by atoms with Crippen LogP contribution in [0.2, 0.25) is 0 Å². The van der Waals surface area contributed by atoms with Gasteiger partial charge in [-0.05, 0) is 0 Å². The van der Waals surface area contributed by atoms with Crippen LogP contribution >= 0.6 is 0 Å².